The van der Waals surface area contributed by atoms with Gasteiger partial charge in [0.2, 0.25) is 5.91 Å². The summed E-state index contributed by atoms with van der Waals surface area (Å²) in [5.41, 5.74) is 1.76. The van der Waals surface area contributed by atoms with Crippen molar-refractivity contribution in [3.05, 3.63) is 46.8 Å². The lowest BCUT2D eigenvalue weighted by molar-refractivity contribution is -0.119. The number of amides is 1. The van der Waals surface area contributed by atoms with E-state index in [1.807, 2.05) is 12.1 Å². The fraction of sp³-hybridized carbons (Fsp3) is 0.389. The first kappa shape index (κ1) is 19.5. The van der Waals surface area contributed by atoms with Crippen molar-refractivity contribution in [3.63, 3.8) is 0 Å². The number of hydrogen-bond acceptors (Lipinski definition) is 4. The summed E-state index contributed by atoms with van der Waals surface area (Å²) in [6.07, 6.45) is 4.54. The SMILES string of the molecule is CCCCCc1ccc(NS(=O)(=O)c2ccc(CNC(C)=O)s2)cc1. The number of unbranched alkanes of at least 4 members (excludes halogenated alkanes) is 2. The number of rotatable bonds is 9. The second-order valence-corrected chi connectivity index (χ2v) is 8.97. The first-order valence-electron chi connectivity index (χ1n) is 8.35. The molecule has 0 bridgehead atoms. The van der Waals surface area contributed by atoms with E-state index in [0.717, 1.165) is 29.1 Å². The third kappa shape index (κ3) is 6.17. The summed E-state index contributed by atoms with van der Waals surface area (Å²) in [5.74, 6) is -0.144. The van der Waals surface area contributed by atoms with Crippen molar-refractivity contribution in [2.24, 2.45) is 0 Å². The smallest absolute Gasteiger partial charge is 0.271 e. The molecule has 2 aromatic rings. The average Bonchev–Trinajstić information content (AvgIpc) is 3.04. The lowest BCUT2D eigenvalue weighted by Gasteiger charge is -2.07. The molecule has 0 unspecified atom stereocenters. The molecule has 0 aliphatic rings. The van der Waals surface area contributed by atoms with Crippen LogP contribution in [0.1, 0.15) is 43.6 Å². The number of aryl methyl sites for hydroxylation is 1. The third-order valence-corrected chi connectivity index (χ3v) is 6.65. The molecule has 0 aliphatic carbocycles. The fourth-order valence-electron chi connectivity index (χ4n) is 2.33. The fourth-order valence-corrected chi connectivity index (χ4v) is 4.69. The Morgan fingerprint density at radius 3 is 2.44 bits per heavy atom. The Hall–Kier alpha value is -1.86. The summed E-state index contributed by atoms with van der Waals surface area (Å²) < 4.78 is 27.8. The summed E-state index contributed by atoms with van der Waals surface area (Å²) in [5, 5.41) is 2.66. The molecule has 25 heavy (non-hydrogen) atoms. The van der Waals surface area contributed by atoms with Crippen LogP contribution < -0.4 is 10.0 Å². The Kier molecular flexibility index (Phi) is 7.01. The zero-order valence-electron chi connectivity index (χ0n) is 14.5. The van der Waals surface area contributed by atoms with E-state index in [4.69, 9.17) is 0 Å². The minimum absolute atomic E-state index is 0.144. The van der Waals surface area contributed by atoms with Gasteiger partial charge in [0.1, 0.15) is 4.21 Å². The van der Waals surface area contributed by atoms with E-state index in [-0.39, 0.29) is 10.1 Å². The summed E-state index contributed by atoms with van der Waals surface area (Å²) in [4.78, 5) is 11.7. The lowest BCUT2D eigenvalue weighted by atomic mass is 10.1. The highest BCUT2D eigenvalue weighted by Crippen LogP contribution is 2.24. The molecule has 0 fully saturated rings. The molecule has 136 valence electrons. The van der Waals surface area contributed by atoms with Gasteiger partial charge in [-0.3, -0.25) is 9.52 Å². The number of nitrogens with one attached hydrogen (secondary N) is 2. The monoisotopic (exact) mass is 380 g/mol. The van der Waals surface area contributed by atoms with Crippen LogP contribution in [0.15, 0.2) is 40.6 Å². The molecule has 1 aromatic carbocycles. The van der Waals surface area contributed by atoms with E-state index < -0.39 is 10.0 Å². The van der Waals surface area contributed by atoms with Crippen molar-refractivity contribution < 1.29 is 13.2 Å². The van der Waals surface area contributed by atoms with E-state index in [1.54, 1.807) is 24.3 Å². The molecule has 2 N–H and O–H groups in total. The minimum Gasteiger partial charge on any atom is -0.351 e. The van der Waals surface area contributed by atoms with Crippen LogP contribution in [0.5, 0.6) is 0 Å². The van der Waals surface area contributed by atoms with Crippen LogP contribution in [0.2, 0.25) is 0 Å². The van der Waals surface area contributed by atoms with E-state index >= 15 is 0 Å². The van der Waals surface area contributed by atoms with Gasteiger partial charge in [0.25, 0.3) is 10.0 Å². The summed E-state index contributed by atoms with van der Waals surface area (Å²) >= 11 is 1.15. The molecule has 1 heterocycles. The van der Waals surface area contributed by atoms with Crippen LogP contribution in [0, 0.1) is 0 Å². The Labute approximate surface area is 153 Å². The highest BCUT2D eigenvalue weighted by Gasteiger charge is 2.17. The van der Waals surface area contributed by atoms with Gasteiger partial charge in [0.15, 0.2) is 0 Å². The van der Waals surface area contributed by atoms with E-state index in [1.165, 1.54) is 25.3 Å². The molecule has 0 saturated heterocycles. The molecule has 0 spiro atoms. The zero-order chi connectivity index (χ0) is 18.3. The van der Waals surface area contributed by atoms with Crippen LogP contribution in [-0.4, -0.2) is 14.3 Å². The van der Waals surface area contributed by atoms with Crippen molar-refractivity contribution >= 4 is 33.0 Å². The highest BCUT2D eigenvalue weighted by molar-refractivity contribution is 7.94. The predicted octanol–water partition coefficient (Wildman–Crippen LogP) is 3.92. The number of thiophene rings is 1. The van der Waals surface area contributed by atoms with Crippen molar-refractivity contribution in [1.29, 1.82) is 0 Å². The second kappa shape index (κ2) is 9.01. The lowest BCUT2D eigenvalue weighted by Crippen LogP contribution is -2.18. The van der Waals surface area contributed by atoms with Crippen molar-refractivity contribution in [1.82, 2.24) is 5.32 Å². The molecule has 0 atom stereocenters. The van der Waals surface area contributed by atoms with Crippen LogP contribution in [0.25, 0.3) is 0 Å². The second-order valence-electron chi connectivity index (χ2n) is 5.89. The zero-order valence-corrected chi connectivity index (χ0v) is 16.2. The van der Waals surface area contributed by atoms with E-state index in [0.29, 0.717) is 12.2 Å². The predicted molar refractivity (Wildman–Crippen MR) is 102 cm³/mol. The maximum absolute atomic E-state index is 12.5. The van der Waals surface area contributed by atoms with Gasteiger partial charge in [-0.25, -0.2) is 8.42 Å². The minimum atomic E-state index is -3.61. The van der Waals surface area contributed by atoms with Gasteiger partial charge >= 0.3 is 0 Å². The molecular weight excluding hydrogens is 356 g/mol. The first-order chi connectivity index (χ1) is 11.9. The summed E-state index contributed by atoms with van der Waals surface area (Å²) in [6.45, 7) is 3.94. The molecule has 2 rings (SSSR count). The molecule has 0 aliphatic heterocycles. The van der Waals surface area contributed by atoms with E-state index in [2.05, 4.69) is 17.0 Å². The van der Waals surface area contributed by atoms with Crippen LogP contribution >= 0.6 is 11.3 Å². The number of hydrogen-bond donors (Lipinski definition) is 2. The van der Waals surface area contributed by atoms with E-state index in [9.17, 15) is 13.2 Å². The van der Waals surface area contributed by atoms with Gasteiger partial charge in [0, 0.05) is 17.5 Å². The maximum Gasteiger partial charge on any atom is 0.271 e. The Morgan fingerprint density at radius 1 is 1.08 bits per heavy atom. The van der Waals surface area contributed by atoms with Crippen molar-refractivity contribution in [2.45, 2.75) is 50.3 Å². The third-order valence-electron chi connectivity index (χ3n) is 3.69. The number of benzene rings is 1. The Balaban J connectivity index is 1.99. The molecule has 1 amide bonds. The molecule has 0 saturated carbocycles. The van der Waals surface area contributed by atoms with Gasteiger partial charge in [-0.1, -0.05) is 31.9 Å². The average molecular weight is 381 g/mol. The normalized spacial score (nSPS) is 11.3. The quantitative estimate of drug-likeness (QED) is 0.648. The van der Waals surface area contributed by atoms with Gasteiger partial charge in [-0.05, 0) is 42.7 Å². The number of anilines is 1. The summed E-state index contributed by atoms with van der Waals surface area (Å²) in [7, 11) is -3.61. The standard InChI is InChI=1S/C18H24N2O3S2/c1-3-4-5-6-15-7-9-16(10-8-15)20-25(22,23)18-12-11-17(24-18)13-19-14(2)21/h7-12,20H,3-6,13H2,1-2H3,(H,19,21). The van der Waals surface area contributed by atoms with Crippen molar-refractivity contribution in [2.75, 3.05) is 4.72 Å². The number of carbonyl (C=O) groups excluding carboxylic acids is 1. The van der Waals surface area contributed by atoms with Crippen LogP contribution in [0.4, 0.5) is 5.69 Å². The van der Waals surface area contributed by atoms with Gasteiger partial charge in [0.05, 0.1) is 6.54 Å². The largest absolute Gasteiger partial charge is 0.351 e. The van der Waals surface area contributed by atoms with Crippen molar-refractivity contribution in [3.8, 4) is 0 Å². The molecular formula is C18H24N2O3S2. The van der Waals surface area contributed by atoms with Crippen LogP contribution in [0.3, 0.4) is 0 Å². The van der Waals surface area contributed by atoms with Gasteiger partial charge in [-0.15, -0.1) is 11.3 Å². The van der Waals surface area contributed by atoms with Crippen LogP contribution in [-0.2, 0) is 27.8 Å². The first-order valence-corrected chi connectivity index (χ1v) is 10.7. The van der Waals surface area contributed by atoms with Gasteiger partial charge < -0.3 is 5.32 Å². The molecule has 7 heteroatoms. The molecule has 0 radical (unpaired) electrons. The number of carbonyl (C=O) groups is 1. The highest BCUT2D eigenvalue weighted by atomic mass is 32.2. The maximum atomic E-state index is 12.5. The topological polar surface area (TPSA) is 75.3 Å². The van der Waals surface area contributed by atoms with Gasteiger partial charge in [-0.2, -0.15) is 0 Å². The Morgan fingerprint density at radius 2 is 1.80 bits per heavy atom. The summed E-state index contributed by atoms with van der Waals surface area (Å²) in [6, 6.07) is 10.8. The molecule has 5 nitrogen and oxygen atoms in total. The molecule has 1 aromatic heterocycles. The number of sulfonamides is 1. The Bertz CT molecular complexity index is 796.